The largest absolute Gasteiger partial charge is 1.00 e. The van der Waals surface area contributed by atoms with Crippen LogP contribution in [0.2, 0.25) is 0 Å². The molecular formula is C2H9NNaO4P. The maximum atomic E-state index is 8.77. The Morgan fingerprint density at radius 1 is 1.67 bits per heavy atom. The van der Waals surface area contributed by atoms with Crippen LogP contribution >= 0.6 is 7.82 Å². The first-order valence-corrected chi connectivity index (χ1v) is 3.41. The van der Waals surface area contributed by atoms with E-state index in [4.69, 9.17) is 25.0 Å². The van der Waals surface area contributed by atoms with Crippen LogP contribution in [-0.2, 0) is 4.57 Å². The van der Waals surface area contributed by atoms with Gasteiger partial charge in [-0.15, -0.1) is 0 Å². The number of phosphoric acid groups is 1. The molecule has 0 aromatic carbocycles. The summed E-state index contributed by atoms with van der Waals surface area (Å²) in [5, 5.41) is 0. The minimum atomic E-state index is -4.89. The van der Waals surface area contributed by atoms with Gasteiger partial charge in [-0.05, 0) is 6.54 Å². The van der Waals surface area contributed by atoms with Crippen molar-refractivity contribution in [1.82, 2.24) is 0 Å². The fourth-order valence-corrected chi connectivity index (χ4v) is 0. The average Bonchev–Trinajstić information content (AvgIpc) is 1.27. The Labute approximate surface area is 75.8 Å². The van der Waals surface area contributed by atoms with Gasteiger partial charge in [-0.1, -0.05) is 6.92 Å². The zero-order valence-electron chi connectivity index (χ0n) is 5.44. The van der Waals surface area contributed by atoms with Crippen LogP contribution < -0.4 is 40.2 Å². The van der Waals surface area contributed by atoms with Crippen LogP contribution in [-0.4, -0.2) is 16.3 Å². The van der Waals surface area contributed by atoms with Crippen LogP contribution in [0.15, 0.2) is 0 Å². The molecule has 9 heavy (non-hydrogen) atoms. The van der Waals surface area contributed by atoms with E-state index in [1.807, 2.05) is 6.92 Å². The average molecular weight is 165 g/mol. The topological polar surface area (TPSA) is 107 Å². The van der Waals surface area contributed by atoms with Gasteiger partial charge in [0.05, 0.1) is 0 Å². The van der Waals surface area contributed by atoms with Crippen LogP contribution in [0.4, 0.5) is 0 Å². The third-order valence-electron chi connectivity index (χ3n) is 0. The zero-order chi connectivity index (χ0) is 7.21. The van der Waals surface area contributed by atoms with Crippen molar-refractivity contribution in [2.45, 2.75) is 6.92 Å². The second-order valence-corrected chi connectivity index (χ2v) is 1.88. The summed E-state index contributed by atoms with van der Waals surface area (Å²) in [6, 6.07) is 0. The summed E-state index contributed by atoms with van der Waals surface area (Å²) < 4.78 is 8.77. The first kappa shape index (κ1) is 16.6. The van der Waals surface area contributed by atoms with Crippen LogP contribution in [0.5, 0.6) is 0 Å². The summed E-state index contributed by atoms with van der Waals surface area (Å²) in [5.74, 6) is 0. The Kier molecular flexibility index (Phi) is 16.7. The van der Waals surface area contributed by atoms with Crippen molar-refractivity contribution in [3.8, 4) is 0 Å². The summed E-state index contributed by atoms with van der Waals surface area (Å²) in [5.41, 5.74) is 4.85. The molecule has 0 radical (unpaired) electrons. The summed E-state index contributed by atoms with van der Waals surface area (Å²) in [6.07, 6.45) is 0. The van der Waals surface area contributed by atoms with Crippen molar-refractivity contribution in [2.75, 3.05) is 6.54 Å². The van der Waals surface area contributed by atoms with Crippen LogP contribution in [0.25, 0.3) is 0 Å². The quantitative estimate of drug-likeness (QED) is 0.247. The van der Waals surface area contributed by atoms with Crippen molar-refractivity contribution in [3.63, 3.8) is 0 Å². The first-order chi connectivity index (χ1) is 3.41. The molecule has 0 atom stereocenters. The van der Waals surface area contributed by atoms with Gasteiger partial charge in [0.15, 0.2) is 0 Å². The van der Waals surface area contributed by atoms with Crippen LogP contribution in [0, 0.1) is 0 Å². The molecule has 0 spiro atoms. The maximum Gasteiger partial charge on any atom is 1.00 e. The molecule has 5 nitrogen and oxygen atoms in total. The van der Waals surface area contributed by atoms with Gasteiger partial charge in [0.2, 0.25) is 0 Å². The van der Waals surface area contributed by atoms with Gasteiger partial charge in [0.1, 0.15) is 0 Å². The zero-order valence-corrected chi connectivity index (χ0v) is 8.34. The van der Waals surface area contributed by atoms with Gasteiger partial charge in [-0.3, -0.25) is 4.57 Å². The predicted octanol–water partition coefficient (Wildman–Crippen LogP) is -4.59. The fourth-order valence-electron chi connectivity index (χ4n) is 0. The van der Waals surface area contributed by atoms with E-state index >= 15 is 0 Å². The molecule has 0 fully saturated rings. The van der Waals surface area contributed by atoms with E-state index in [-0.39, 0.29) is 29.6 Å². The summed E-state index contributed by atoms with van der Waals surface area (Å²) in [4.78, 5) is 22.9. The summed E-state index contributed by atoms with van der Waals surface area (Å²) in [7, 11) is -4.89. The van der Waals surface area contributed by atoms with E-state index in [2.05, 4.69) is 0 Å². The van der Waals surface area contributed by atoms with E-state index in [1.165, 1.54) is 0 Å². The van der Waals surface area contributed by atoms with Crippen molar-refractivity contribution < 1.29 is 48.8 Å². The minimum Gasteiger partial charge on any atom is -0.756 e. The number of rotatable bonds is 0. The molecule has 0 amide bonds. The molecule has 4 N–H and O–H groups in total. The van der Waals surface area contributed by atoms with Crippen molar-refractivity contribution in [3.05, 3.63) is 0 Å². The van der Waals surface area contributed by atoms with Crippen molar-refractivity contribution >= 4 is 7.82 Å². The fraction of sp³-hybridized carbons (Fsp3) is 1.00. The first-order valence-electron chi connectivity index (χ1n) is 1.88. The summed E-state index contributed by atoms with van der Waals surface area (Å²) in [6.45, 7) is 2.65. The normalized spacial score (nSPS) is 8.56. The number of hydrogen-bond acceptors (Lipinski definition) is 3. The molecule has 0 aliphatic rings. The second-order valence-electron chi connectivity index (χ2n) is 0.899. The van der Waals surface area contributed by atoms with Crippen LogP contribution in [0.1, 0.15) is 6.92 Å². The van der Waals surface area contributed by atoms with E-state index in [9.17, 15) is 0 Å². The molecule has 7 heteroatoms. The maximum absolute atomic E-state index is 8.77. The third-order valence-corrected chi connectivity index (χ3v) is 0. The predicted molar refractivity (Wildman–Crippen MR) is 26.8 cm³/mol. The van der Waals surface area contributed by atoms with Gasteiger partial charge in [0, 0.05) is 0 Å². The molecule has 0 saturated carbocycles. The Bertz CT molecular complexity index is 74.4. The molecule has 0 heterocycles. The Balaban J connectivity index is -0.0000000800. The molecule has 0 bridgehead atoms. The van der Waals surface area contributed by atoms with Gasteiger partial charge in [0.25, 0.3) is 7.82 Å². The molecule has 0 aromatic heterocycles. The molecule has 0 saturated heterocycles. The molecule has 0 aromatic rings. The van der Waals surface area contributed by atoms with Gasteiger partial charge in [-0.2, -0.15) is 0 Å². The monoisotopic (exact) mass is 165 g/mol. The van der Waals surface area contributed by atoms with Crippen LogP contribution in [0.3, 0.4) is 0 Å². The van der Waals surface area contributed by atoms with E-state index in [0.29, 0.717) is 0 Å². The van der Waals surface area contributed by atoms with Crippen molar-refractivity contribution in [2.24, 2.45) is 5.73 Å². The molecule has 0 aliphatic carbocycles. The van der Waals surface area contributed by atoms with E-state index in [0.717, 1.165) is 6.54 Å². The Morgan fingerprint density at radius 2 is 1.67 bits per heavy atom. The molecule has 0 rings (SSSR count). The molecule has 0 unspecified atom stereocenters. The van der Waals surface area contributed by atoms with Gasteiger partial charge < -0.3 is 20.4 Å². The Morgan fingerprint density at radius 3 is 1.67 bits per heavy atom. The molecule has 52 valence electrons. The minimum absolute atomic E-state index is 0. The van der Waals surface area contributed by atoms with E-state index < -0.39 is 7.82 Å². The smallest absolute Gasteiger partial charge is 0.756 e. The van der Waals surface area contributed by atoms with Gasteiger partial charge >= 0.3 is 29.6 Å². The standard InChI is InChI=1S/C2H7N.Na.H3O4P/c1-2-3;;1-5(2,3)4/h2-3H2,1H3;;(H3,1,2,3,4)/q;+1;/p-1. The third kappa shape index (κ3) is 396. The Hall–Kier alpha value is 1.07. The van der Waals surface area contributed by atoms with Gasteiger partial charge in [-0.25, -0.2) is 0 Å². The van der Waals surface area contributed by atoms with E-state index in [1.54, 1.807) is 0 Å². The SMILES string of the molecule is CCN.O=P([O-])(O)O.[Na+]. The summed E-state index contributed by atoms with van der Waals surface area (Å²) >= 11 is 0. The number of nitrogens with two attached hydrogens (primary N) is 1. The molecular weight excluding hydrogens is 156 g/mol. The number of hydrogen-bond donors (Lipinski definition) is 3. The molecule has 0 aliphatic heterocycles. The van der Waals surface area contributed by atoms with Crippen molar-refractivity contribution in [1.29, 1.82) is 0 Å². The second kappa shape index (κ2) is 9.07.